The summed E-state index contributed by atoms with van der Waals surface area (Å²) in [5, 5.41) is 23.9. The lowest BCUT2D eigenvalue weighted by molar-refractivity contribution is 0.370. The maximum Gasteiger partial charge on any atom is 0.211 e. The number of ether oxygens (including phenoxy) is 1. The number of benzene rings is 1. The topological polar surface area (TPSA) is 158 Å². The van der Waals surface area contributed by atoms with Crippen molar-refractivity contribution < 1.29 is 4.74 Å². The van der Waals surface area contributed by atoms with Crippen molar-refractivity contribution in [3.05, 3.63) is 39.9 Å². The Hall–Kier alpha value is -4.13. The van der Waals surface area contributed by atoms with E-state index in [0.29, 0.717) is 21.9 Å². The summed E-state index contributed by atoms with van der Waals surface area (Å²) in [7, 11) is 0. The Morgan fingerprint density at radius 3 is 2.79 bits per heavy atom. The Bertz CT molecular complexity index is 1110. The van der Waals surface area contributed by atoms with E-state index in [9.17, 15) is 5.26 Å². The highest BCUT2D eigenvalue weighted by atomic mass is 35.5. The molecule has 1 aromatic heterocycles. The van der Waals surface area contributed by atoms with Gasteiger partial charge in [0.05, 0.1) is 10.7 Å². The first kappa shape index (κ1) is 18.7. The smallest absolute Gasteiger partial charge is 0.211 e. The van der Waals surface area contributed by atoms with Gasteiger partial charge in [0.1, 0.15) is 41.7 Å². The number of hydrogen-bond acceptors (Lipinski definition) is 9. The van der Waals surface area contributed by atoms with Gasteiger partial charge < -0.3 is 21.5 Å². The standard InChI is InChI=1S/C18H13ClN8O/c1-2-5-28-12-4-3-9(6-11(12)19)15-13-14(22)10(7-20)16(23)26-17(13)27-18(25-15)24-8-21/h1,3-4,6,15H,5H2,(H6,22,23,24,25,26,27). The lowest BCUT2D eigenvalue weighted by Crippen LogP contribution is -2.32. The summed E-state index contributed by atoms with van der Waals surface area (Å²) in [6, 6.07) is 6.27. The molecule has 28 heavy (non-hydrogen) atoms. The summed E-state index contributed by atoms with van der Waals surface area (Å²) in [4.78, 5) is 8.64. The number of pyridine rings is 1. The van der Waals surface area contributed by atoms with Crippen molar-refractivity contribution >= 4 is 34.9 Å². The second-order valence-electron chi connectivity index (χ2n) is 5.58. The summed E-state index contributed by atoms with van der Waals surface area (Å²) in [5.41, 5.74) is 13.3. The van der Waals surface area contributed by atoms with Gasteiger partial charge in [-0.2, -0.15) is 10.5 Å². The van der Waals surface area contributed by atoms with Gasteiger partial charge in [-0.15, -0.1) is 6.42 Å². The fourth-order valence-corrected chi connectivity index (χ4v) is 2.99. The third-order valence-corrected chi connectivity index (χ3v) is 4.24. The molecule has 0 saturated heterocycles. The van der Waals surface area contributed by atoms with Crippen LogP contribution in [0.3, 0.4) is 0 Å². The molecule has 6 N–H and O–H groups in total. The van der Waals surface area contributed by atoms with Crippen LogP contribution in [0.25, 0.3) is 0 Å². The van der Waals surface area contributed by atoms with Crippen LogP contribution in [0.5, 0.6) is 5.75 Å². The zero-order valence-corrected chi connectivity index (χ0v) is 15.1. The molecule has 10 heteroatoms. The van der Waals surface area contributed by atoms with E-state index in [2.05, 4.69) is 26.5 Å². The van der Waals surface area contributed by atoms with Gasteiger partial charge >= 0.3 is 0 Å². The summed E-state index contributed by atoms with van der Waals surface area (Å²) in [6.45, 7) is 0.0747. The monoisotopic (exact) mass is 392 g/mol. The number of terminal acetylenes is 1. The number of guanidine groups is 1. The van der Waals surface area contributed by atoms with E-state index in [-0.39, 0.29) is 35.5 Å². The van der Waals surface area contributed by atoms with E-state index in [1.165, 1.54) is 0 Å². The summed E-state index contributed by atoms with van der Waals surface area (Å²) >= 11 is 6.29. The summed E-state index contributed by atoms with van der Waals surface area (Å²) < 4.78 is 5.37. The van der Waals surface area contributed by atoms with E-state index in [1.807, 2.05) is 6.07 Å². The average Bonchev–Trinajstić information content (AvgIpc) is 2.66. The minimum absolute atomic E-state index is 0.0285. The first-order chi connectivity index (χ1) is 13.5. The van der Waals surface area contributed by atoms with Crippen molar-refractivity contribution in [1.82, 2.24) is 10.3 Å². The molecule has 0 bridgehead atoms. The van der Waals surface area contributed by atoms with E-state index in [4.69, 9.17) is 39.5 Å². The number of aliphatic imine (C=N–C) groups is 1. The van der Waals surface area contributed by atoms with Crippen LogP contribution in [0.1, 0.15) is 22.7 Å². The third-order valence-electron chi connectivity index (χ3n) is 3.94. The van der Waals surface area contributed by atoms with Crippen LogP contribution in [-0.4, -0.2) is 17.6 Å². The molecule has 0 saturated carbocycles. The number of hydrogen-bond donors (Lipinski definition) is 4. The number of nitrogens with one attached hydrogen (secondary N) is 2. The lowest BCUT2D eigenvalue weighted by atomic mass is 9.95. The Morgan fingerprint density at radius 1 is 1.36 bits per heavy atom. The Labute approximate surface area is 165 Å². The predicted octanol–water partition coefficient (Wildman–Crippen LogP) is 1.72. The molecule has 1 unspecified atom stereocenters. The largest absolute Gasteiger partial charge is 0.479 e. The van der Waals surface area contributed by atoms with Crippen LogP contribution in [0, 0.1) is 35.1 Å². The number of anilines is 3. The third kappa shape index (κ3) is 3.28. The molecule has 0 spiro atoms. The average molecular weight is 393 g/mol. The van der Waals surface area contributed by atoms with E-state index in [0.717, 1.165) is 0 Å². The van der Waals surface area contributed by atoms with Crippen LogP contribution < -0.4 is 26.8 Å². The molecule has 0 radical (unpaired) electrons. The number of fused-ring (bicyclic) bond motifs is 1. The number of nitrogens with zero attached hydrogens (tertiary/aromatic N) is 4. The zero-order valence-electron chi connectivity index (χ0n) is 14.3. The van der Waals surface area contributed by atoms with Gasteiger partial charge in [-0.25, -0.2) is 9.98 Å². The highest BCUT2D eigenvalue weighted by Crippen LogP contribution is 2.41. The molecule has 2 heterocycles. The van der Waals surface area contributed by atoms with Crippen molar-refractivity contribution in [3.8, 4) is 30.4 Å². The maximum atomic E-state index is 9.34. The first-order valence-electron chi connectivity index (χ1n) is 7.84. The number of rotatable bonds is 3. The molecule has 1 aliphatic heterocycles. The second kappa shape index (κ2) is 7.63. The van der Waals surface area contributed by atoms with Crippen molar-refractivity contribution in [2.75, 3.05) is 23.4 Å². The van der Waals surface area contributed by atoms with Gasteiger partial charge in [-0.1, -0.05) is 23.6 Å². The summed E-state index contributed by atoms with van der Waals surface area (Å²) in [5.74, 6) is 3.19. The van der Waals surface area contributed by atoms with Gasteiger partial charge in [0.25, 0.3) is 0 Å². The number of aromatic nitrogens is 1. The van der Waals surface area contributed by atoms with Crippen molar-refractivity contribution in [2.24, 2.45) is 4.99 Å². The van der Waals surface area contributed by atoms with Crippen molar-refractivity contribution in [2.45, 2.75) is 6.04 Å². The molecule has 1 aromatic carbocycles. The molecule has 138 valence electrons. The normalized spacial score (nSPS) is 14.4. The molecule has 0 fully saturated rings. The van der Waals surface area contributed by atoms with Crippen molar-refractivity contribution in [1.29, 1.82) is 10.5 Å². The molecular weight excluding hydrogens is 380 g/mol. The minimum Gasteiger partial charge on any atom is -0.479 e. The summed E-state index contributed by atoms with van der Waals surface area (Å²) in [6.07, 6.45) is 6.98. The number of nitrogen functional groups attached to an aromatic ring is 2. The van der Waals surface area contributed by atoms with E-state index < -0.39 is 6.04 Å². The molecule has 1 aliphatic rings. The SMILES string of the molecule is C#CCOc1ccc(C2N=C(NC#N)Nc3nc(N)c(C#N)c(N)c32)cc1Cl. The molecule has 3 rings (SSSR count). The first-order valence-corrected chi connectivity index (χ1v) is 8.22. The zero-order chi connectivity index (χ0) is 20.3. The minimum atomic E-state index is -0.688. The van der Waals surface area contributed by atoms with E-state index >= 15 is 0 Å². The van der Waals surface area contributed by atoms with Crippen LogP contribution in [0.15, 0.2) is 23.2 Å². The van der Waals surface area contributed by atoms with Gasteiger partial charge in [-0.3, -0.25) is 5.32 Å². The second-order valence-corrected chi connectivity index (χ2v) is 5.99. The molecule has 9 nitrogen and oxygen atoms in total. The fourth-order valence-electron chi connectivity index (χ4n) is 2.75. The van der Waals surface area contributed by atoms with Crippen LogP contribution in [0.2, 0.25) is 5.02 Å². The van der Waals surface area contributed by atoms with Crippen LogP contribution >= 0.6 is 11.6 Å². The Balaban J connectivity index is 2.15. The lowest BCUT2D eigenvalue weighted by Gasteiger charge is -2.26. The Kier molecular flexibility index (Phi) is 5.08. The highest BCUT2D eigenvalue weighted by Gasteiger charge is 2.30. The molecule has 0 aliphatic carbocycles. The molecular formula is C18H13ClN8O. The highest BCUT2D eigenvalue weighted by molar-refractivity contribution is 6.32. The van der Waals surface area contributed by atoms with Crippen LogP contribution in [0.4, 0.5) is 17.3 Å². The van der Waals surface area contributed by atoms with Gasteiger partial charge in [-0.05, 0) is 17.7 Å². The predicted molar refractivity (Wildman–Crippen MR) is 105 cm³/mol. The molecule has 2 aromatic rings. The van der Waals surface area contributed by atoms with Gasteiger partial charge in [0.15, 0.2) is 6.19 Å². The van der Waals surface area contributed by atoms with E-state index in [1.54, 1.807) is 24.4 Å². The number of halogens is 1. The molecule has 0 amide bonds. The van der Waals surface area contributed by atoms with Crippen molar-refractivity contribution in [3.63, 3.8) is 0 Å². The quantitative estimate of drug-likeness (QED) is 0.349. The van der Waals surface area contributed by atoms with Gasteiger partial charge in [0, 0.05) is 5.56 Å². The fraction of sp³-hybridized carbons (Fsp3) is 0.111. The Morgan fingerprint density at radius 2 is 2.14 bits per heavy atom. The van der Waals surface area contributed by atoms with Crippen LogP contribution in [-0.2, 0) is 0 Å². The maximum absolute atomic E-state index is 9.34. The number of nitrogens with two attached hydrogens (primary N) is 2. The van der Waals surface area contributed by atoms with Gasteiger partial charge in [0.2, 0.25) is 5.96 Å². The molecule has 1 atom stereocenters. The number of nitriles is 2.